The molecule has 2 saturated heterocycles. The number of hydrogen-bond acceptors (Lipinski definition) is 4. The molecule has 4 rings (SSSR count). The van der Waals surface area contributed by atoms with E-state index in [1.165, 1.54) is 11.8 Å². The van der Waals surface area contributed by atoms with Crippen LogP contribution in [-0.4, -0.2) is 42.3 Å². The molecule has 5 nitrogen and oxygen atoms in total. The third-order valence-electron chi connectivity index (χ3n) is 4.29. The Morgan fingerprint density at radius 3 is 2.78 bits per heavy atom. The number of aliphatic imine (C=N–C) groups is 1. The van der Waals surface area contributed by atoms with Crippen LogP contribution < -0.4 is 4.90 Å². The Hall–Kier alpha value is -0.610. The van der Waals surface area contributed by atoms with Crippen LogP contribution in [0.25, 0.3) is 0 Å². The van der Waals surface area contributed by atoms with Crippen molar-refractivity contribution in [3.05, 3.63) is 27.8 Å². The van der Waals surface area contributed by atoms with Crippen molar-refractivity contribution < 1.29 is 13.2 Å². The number of thioether (sulfide) groups is 1. The first kappa shape index (κ1) is 15.9. The van der Waals surface area contributed by atoms with E-state index in [0.717, 1.165) is 22.1 Å². The van der Waals surface area contributed by atoms with E-state index in [2.05, 4.69) is 27.6 Å². The molecule has 2 atom stereocenters. The molecule has 1 saturated carbocycles. The fourth-order valence-electron chi connectivity index (χ4n) is 3.01. The quantitative estimate of drug-likeness (QED) is 0.632. The lowest BCUT2D eigenvalue weighted by Gasteiger charge is -2.24. The monoisotopic (exact) mass is 462 g/mol. The predicted octanol–water partition coefficient (Wildman–Crippen LogP) is 2.30. The Morgan fingerprint density at radius 2 is 2.09 bits per heavy atom. The third kappa shape index (κ3) is 3.17. The van der Waals surface area contributed by atoms with Gasteiger partial charge in [0.25, 0.3) is 5.91 Å². The van der Waals surface area contributed by atoms with E-state index < -0.39 is 9.84 Å². The molecule has 1 aromatic rings. The third-order valence-corrected chi connectivity index (χ3v) is 8.17. The minimum atomic E-state index is -3.02. The summed E-state index contributed by atoms with van der Waals surface area (Å²) in [7, 11) is -3.02. The molecule has 122 valence electrons. The van der Waals surface area contributed by atoms with Gasteiger partial charge in [-0.25, -0.2) is 8.42 Å². The molecule has 8 heteroatoms. The topological polar surface area (TPSA) is 66.8 Å². The maximum absolute atomic E-state index is 12.1. The summed E-state index contributed by atoms with van der Waals surface area (Å²) in [5, 5.41) is 0.623. The molecule has 0 radical (unpaired) electrons. The van der Waals surface area contributed by atoms with E-state index in [4.69, 9.17) is 0 Å². The van der Waals surface area contributed by atoms with Crippen LogP contribution in [0, 0.1) is 9.49 Å². The fraction of sp³-hybridized carbons (Fsp3) is 0.467. The van der Waals surface area contributed by atoms with E-state index in [1.54, 1.807) is 0 Å². The molecule has 0 bridgehead atoms. The molecule has 0 aromatic heterocycles. The van der Waals surface area contributed by atoms with Gasteiger partial charge in [0, 0.05) is 20.4 Å². The van der Waals surface area contributed by atoms with Crippen molar-refractivity contribution >= 4 is 61.0 Å². The number of sulfone groups is 1. The van der Waals surface area contributed by atoms with Crippen LogP contribution in [0.3, 0.4) is 0 Å². The second-order valence-electron chi connectivity index (χ2n) is 6.16. The largest absolute Gasteiger partial charge is 0.316 e. The van der Waals surface area contributed by atoms with E-state index in [1.807, 2.05) is 29.2 Å². The van der Waals surface area contributed by atoms with Crippen molar-refractivity contribution in [3.63, 3.8) is 0 Å². The molecule has 1 aliphatic carbocycles. The summed E-state index contributed by atoms with van der Waals surface area (Å²) >= 11 is 3.67. The first-order chi connectivity index (χ1) is 10.9. The highest BCUT2D eigenvalue weighted by Gasteiger charge is 2.49. The lowest BCUT2D eigenvalue weighted by Crippen LogP contribution is -2.37. The van der Waals surface area contributed by atoms with Gasteiger partial charge in [0.05, 0.1) is 17.5 Å². The smallest absolute Gasteiger partial charge is 0.251 e. The second kappa shape index (κ2) is 5.73. The molecular weight excluding hydrogens is 447 g/mol. The molecule has 2 aliphatic heterocycles. The first-order valence-electron chi connectivity index (χ1n) is 7.47. The van der Waals surface area contributed by atoms with Crippen LogP contribution in [0.1, 0.15) is 12.8 Å². The normalized spacial score (nSPS) is 30.7. The van der Waals surface area contributed by atoms with Gasteiger partial charge >= 0.3 is 0 Å². The number of carbonyl (C=O) groups excluding carboxylic acids is 1. The highest BCUT2D eigenvalue weighted by molar-refractivity contribution is 14.1. The van der Waals surface area contributed by atoms with Crippen LogP contribution in [0.15, 0.2) is 29.3 Å². The van der Waals surface area contributed by atoms with E-state index in [9.17, 15) is 13.2 Å². The van der Waals surface area contributed by atoms with Gasteiger partial charge in [0.15, 0.2) is 15.0 Å². The maximum Gasteiger partial charge on any atom is 0.251 e. The van der Waals surface area contributed by atoms with Crippen LogP contribution in [0.4, 0.5) is 5.69 Å². The zero-order valence-corrected chi connectivity index (χ0v) is 16.0. The number of nitrogens with zero attached hydrogens (tertiary/aromatic N) is 2. The van der Waals surface area contributed by atoms with Crippen molar-refractivity contribution in [1.82, 2.24) is 0 Å². The van der Waals surface area contributed by atoms with Crippen LogP contribution >= 0.6 is 34.4 Å². The molecule has 3 aliphatic rings. The Balaban J connectivity index is 1.73. The minimum absolute atomic E-state index is 0.0383. The van der Waals surface area contributed by atoms with Crippen molar-refractivity contribution in [2.45, 2.75) is 24.1 Å². The van der Waals surface area contributed by atoms with Crippen molar-refractivity contribution in [3.8, 4) is 0 Å². The average molecular weight is 462 g/mol. The molecule has 0 spiro atoms. The Labute approximate surface area is 153 Å². The molecule has 0 N–H and O–H groups in total. The predicted molar refractivity (Wildman–Crippen MR) is 101 cm³/mol. The number of anilines is 1. The van der Waals surface area contributed by atoms with Crippen LogP contribution in [0.2, 0.25) is 0 Å². The maximum atomic E-state index is 12.1. The number of fused-ring (bicyclic) bond motifs is 1. The van der Waals surface area contributed by atoms with Crippen molar-refractivity contribution in [2.24, 2.45) is 10.9 Å². The number of amidine groups is 1. The Bertz CT molecular complexity index is 805. The number of rotatable bonds is 2. The van der Waals surface area contributed by atoms with E-state index in [-0.39, 0.29) is 34.6 Å². The fourth-order valence-corrected chi connectivity index (χ4v) is 7.45. The molecule has 23 heavy (non-hydrogen) atoms. The zero-order chi connectivity index (χ0) is 16.2. The lowest BCUT2D eigenvalue weighted by molar-refractivity contribution is -0.118. The van der Waals surface area contributed by atoms with Gasteiger partial charge in [0.1, 0.15) is 0 Å². The summed E-state index contributed by atoms with van der Waals surface area (Å²) in [6.07, 6.45) is 1.84. The van der Waals surface area contributed by atoms with Gasteiger partial charge in [-0.2, -0.15) is 4.99 Å². The van der Waals surface area contributed by atoms with Gasteiger partial charge in [-0.3, -0.25) is 4.79 Å². The summed E-state index contributed by atoms with van der Waals surface area (Å²) in [6, 6.07) is 7.76. The van der Waals surface area contributed by atoms with Crippen molar-refractivity contribution in [2.75, 3.05) is 16.4 Å². The second-order valence-corrected chi connectivity index (χ2v) is 10.8. The first-order valence-corrected chi connectivity index (χ1v) is 11.3. The van der Waals surface area contributed by atoms with Gasteiger partial charge in [-0.1, -0.05) is 17.8 Å². The van der Waals surface area contributed by atoms with Gasteiger partial charge in [-0.15, -0.1) is 0 Å². The van der Waals surface area contributed by atoms with Gasteiger partial charge < -0.3 is 4.90 Å². The summed E-state index contributed by atoms with van der Waals surface area (Å²) in [5.74, 6) is 0.308. The molecular formula is C15H15IN2O3S2. The van der Waals surface area contributed by atoms with Crippen LogP contribution in [0.5, 0.6) is 0 Å². The number of carbonyl (C=O) groups is 1. The average Bonchev–Trinajstić information content (AvgIpc) is 3.20. The molecule has 2 unspecified atom stereocenters. The molecule has 1 amide bonds. The Morgan fingerprint density at radius 1 is 1.30 bits per heavy atom. The molecule has 3 fully saturated rings. The SMILES string of the molecule is O=C(N=C1SC2CS(=O)(=O)CC2N1c1cccc(I)c1)C1CC1. The molecule has 2 heterocycles. The highest BCUT2D eigenvalue weighted by atomic mass is 127. The molecule has 1 aromatic carbocycles. The van der Waals surface area contributed by atoms with Gasteiger partial charge in [0.2, 0.25) is 0 Å². The Kier molecular flexibility index (Phi) is 3.96. The summed E-state index contributed by atoms with van der Waals surface area (Å²) in [5.41, 5.74) is 0.913. The number of benzene rings is 1. The van der Waals surface area contributed by atoms with E-state index in [0.29, 0.717) is 5.17 Å². The highest BCUT2D eigenvalue weighted by Crippen LogP contribution is 2.42. The van der Waals surface area contributed by atoms with Crippen LogP contribution in [-0.2, 0) is 14.6 Å². The summed E-state index contributed by atoms with van der Waals surface area (Å²) in [6.45, 7) is 0. The summed E-state index contributed by atoms with van der Waals surface area (Å²) < 4.78 is 25.0. The van der Waals surface area contributed by atoms with Crippen molar-refractivity contribution in [1.29, 1.82) is 0 Å². The standard InChI is InChI=1S/C15H15IN2O3S2/c16-10-2-1-3-11(6-10)18-12-7-23(20,21)8-13(12)22-15(18)17-14(19)9-4-5-9/h1-3,6,9,12-13H,4-5,7-8H2. The van der Waals surface area contributed by atoms with E-state index >= 15 is 0 Å². The lowest BCUT2D eigenvalue weighted by atomic mass is 10.2. The zero-order valence-electron chi connectivity index (χ0n) is 12.2. The number of amides is 1. The van der Waals surface area contributed by atoms with Gasteiger partial charge in [-0.05, 0) is 53.6 Å². The summed E-state index contributed by atoms with van der Waals surface area (Å²) in [4.78, 5) is 18.4. The number of hydrogen-bond donors (Lipinski definition) is 0. The minimum Gasteiger partial charge on any atom is -0.316 e. The number of halogens is 1.